The highest BCUT2D eigenvalue weighted by molar-refractivity contribution is 7.13. The molecule has 1 fully saturated rings. The Morgan fingerprint density at radius 2 is 2.05 bits per heavy atom. The number of hydrogen-bond acceptors (Lipinski definition) is 7. The lowest BCUT2D eigenvalue weighted by molar-refractivity contribution is 0.0747. The summed E-state index contributed by atoms with van der Waals surface area (Å²) in [4.78, 5) is 24.9. The molecule has 2 aromatic rings. The molecule has 0 bridgehead atoms. The van der Waals surface area contributed by atoms with Crippen LogP contribution in [0, 0.1) is 0 Å². The number of piperazine rings is 1. The van der Waals surface area contributed by atoms with E-state index in [1.54, 1.807) is 35.9 Å². The third-order valence-electron chi connectivity index (χ3n) is 3.43. The van der Waals surface area contributed by atoms with Gasteiger partial charge in [0.15, 0.2) is 10.9 Å². The van der Waals surface area contributed by atoms with Crippen LogP contribution in [-0.4, -0.2) is 47.0 Å². The van der Waals surface area contributed by atoms with Crippen molar-refractivity contribution in [1.82, 2.24) is 14.9 Å². The molecule has 3 rings (SSSR count). The Labute approximate surface area is 126 Å². The Kier molecular flexibility index (Phi) is 3.98. The fourth-order valence-corrected chi connectivity index (χ4v) is 3.03. The molecule has 21 heavy (non-hydrogen) atoms. The molecule has 3 heterocycles. The Morgan fingerprint density at radius 1 is 1.24 bits per heavy atom. The number of amides is 1. The number of carbonyl (C=O) groups excluding carboxylic acids is 1. The lowest BCUT2D eigenvalue weighted by Gasteiger charge is -2.34. The van der Waals surface area contributed by atoms with Crippen LogP contribution >= 0.6 is 11.3 Å². The summed E-state index contributed by atoms with van der Waals surface area (Å²) in [6.07, 6.45) is 3.40. The summed E-state index contributed by atoms with van der Waals surface area (Å²) in [6.45, 7) is 2.89. The van der Waals surface area contributed by atoms with E-state index < -0.39 is 0 Å². The van der Waals surface area contributed by atoms with Gasteiger partial charge < -0.3 is 15.2 Å². The zero-order valence-electron chi connectivity index (χ0n) is 11.4. The minimum absolute atomic E-state index is 0.0464. The van der Waals surface area contributed by atoms with E-state index in [0.717, 1.165) is 18.2 Å². The number of thiazole rings is 1. The second-order valence-corrected chi connectivity index (χ2v) is 5.51. The molecule has 0 unspecified atom stereocenters. The van der Waals surface area contributed by atoms with Gasteiger partial charge in [-0.15, -0.1) is 11.3 Å². The van der Waals surface area contributed by atoms with Crippen LogP contribution in [0.1, 0.15) is 10.4 Å². The molecule has 0 aromatic carbocycles. The lowest BCUT2D eigenvalue weighted by Crippen LogP contribution is -2.49. The standard InChI is InChI=1S/C13H16N6OS/c14-17-11-10(2-1-3-15-11)12(20)18-5-7-19(8-6-18)13-16-4-9-21-13/h1-4,9H,5-8,14H2,(H,15,17). The number of hydrogen-bond donors (Lipinski definition) is 2. The summed E-state index contributed by atoms with van der Waals surface area (Å²) in [5.41, 5.74) is 2.97. The first-order valence-electron chi connectivity index (χ1n) is 6.65. The molecule has 0 spiro atoms. The molecule has 0 aliphatic carbocycles. The molecule has 1 saturated heterocycles. The van der Waals surface area contributed by atoms with Crippen LogP contribution in [0.5, 0.6) is 0 Å². The Morgan fingerprint density at radius 3 is 2.71 bits per heavy atom. The fraction of sp³-hybridized carbons (Fsp3) is 0.308. The van der Waals surface area contributed by atoms with Crippen molar-refractivity contribution in [2.45, 2.75) is 0 Å². The van der Waals surface area contributed by atoms with Crippen molar-refractivity contribution < 1.29 is 4.79 Å². The van der Waals surface area contributed by atoms with Gasteiger partial charge in [-0.1, -0.05) is 0 Å². The largest absolute Gasteiger partial charge is 0.345 e. The predicted octanol–water partition coefficient (Wildman–Crippen LogP) is 0.786. The minimum Gasteiger partial charge on any atom is -0.345 e. The molecule has 0 radical (unpaired) electrons. The highest BCUT2D eigenvalue weighted by Gasteiger charge is 2.24. The summed E-state index contributed by atoms with van der Waals surface area (Å²) in [5, 5.41) is 2.97. The Hall–Kier alpha value is -2.19. The van der Waals surface area contributed by atoms with Crippen LogP contribution in [0.3, 0.4) is 0 Å². The molecule has 3 N–H and O–H groups in total. The number of nitrogens with one attached hydrogen (secondary N) is 1. The van der Waals surface area contributed by atoms with Crippen LogP contribution in [0.25, 0.3) is 0 Å². The van der Waals surface area contributed by atoms with Gasteiger partial charge in [-0.05, 0) is 12.1 Å². The molecule has 7 nitrogen and oxygen atoms in total. The number of nitrogens with zero attached hydrogens (tertiary/aromatic N) is 4. The van der Waals surface area contributed by atoms with Gasteiger partial charge in [0.1, 0.15) is 0 Å². The molecular formula is C13H16N6OS. The van der Waals surface area contributed by atoms with Gasteiger partial charge in [-0.25, -0.2) is 15.8 Å². The van der Waals surface area contributed by atoms with Crippen molar-refractivity contribution in [1.29, 1.82) is 0 Å². The van der Waals surface area contributed by atoms with Crippen molar-refractivity contribution in [2.75, 3.05) is 36.5 Å². The van der Waals surface area contributed by atoms with Gasteiger partial charge in [0.05, 0.1) is 5.56 Å². The maximum atomic E-state index is 12.5. The molecule has 0 atom stereocenters. The normalized spacial score (nSPS) is 15.1. The van der Waals surface area contributed by atoms with E-state index in [9.17, 15) is 4.79 Å². The third kappa shape index (κ3) is 2.81. The number of hydrazine groups is 1. The Bertz CT molecular complexity index is 609. The molecule has 8 heteroatoms. The van der Waals surface area contributed by atoms with Gasteiger partial charge in [0.25, 0.3) is 5.91 Å². The van der Waals surface area contributed by atoms with Crippen LogP contribution in [-0.2, 0) is 0 Å². The molecule has 1 amide bonds. The van der Waals surface area contributed by atoms with E-state index in [1.807, 2.05) is 10.3 Å². The molecular weight excluding hydrogens is 288 g/mol. The predicted molar refractivity (Wildman–Crippen MR) is 82.3 cm³/mol. The zero-order valence-corrected chi connectivity index (χ0v) is 12.2. The SMILES string of the molecule is NNc1ncccc1C(=O)N1CCN(c2nccs2)CC1. The number of rotatable bonds is 3. The van der Waals surface area contributed by atoms with E-state index in [1.165, 1.54) is 0 Å². The van der Waals surface area contributed by atoms with E-state index >= 15 is 0 Å². The summed E-state index contributed by atoms with van der Waals surface area (Å²) in [6, 6.07) is 3.47. The molecule has 1 aliphatic rings. The maximum Gasteiger partial charge on any atom is 0.257 e. The summed E-state index contributed by atoms with van der Waals surface area (Å²) in [5.74, 6) is 5.77. The van der Waals surface area contributed by atoms with Crippen LogP contribution in [0.15, 0.2) is 29.9 Å². The van der Waals surface area contributed by atoms with Crippen molar-refractivity contribution in [2.24, 2.45) is 5.84 Å². The van der Waals surface area contributed by atoms with Crippen molar-refractivity contribution in [3.63, 3.8) is 0 Å². The smallest absolute Gasteiger partial charge is 0.257 e. The van der Waals surface area contributed by atoms with Gasteiger partial charge in [0.2, 0.25) is 0 Å². The quantitative estimate of drug-likeness (QED) is 0.644. The summed E-state index contributed by atoms with van der Waals surface area (Å²) < 4.78 is 0. The van der Waals surface area contributed by atoms with E-state index in [4.69, 9.17) is 5.84 Å². The monoisotopic (exact) mass is 304 g/mol. The van der Waals surface area contributed by atoms with Crippen LogP contribution < -0.4 is 16.2 Å². The van der Waals surface area contributed by atoms with Crippen LogP contribution in [0.4, 0.5) is 10.9 Å². The van der Waals surface area contributed by atoms with Gasteiger partial charge in [-0.3, -0.25) is 4.79 Å². The average molecular weight is 304 g/mol. The Balaban J connectivity index is 1.68. The third-order valence-corrected chi connectivity index (χ3v) is 4.26. The van der Waals surface area contributed by atoms with Gasteiger partial charge >= 0.3 is 0 Å². The van der Waals surface area contributed by atoms with Crippen molar-refractivity contribution >= 4 is 28.2 Å². The molecule has 110 valence electrons. The van der Waals surface area contributed by atoms with E-state index in [-0.39, 0.29) is 5.91 Å². The number of nitrogen functional groups attached to an aromatic ring is 1. The van der Waals surface area contributed by atoms with Gasteiger partial charge in [0, 0.05) is 44.0 Å². The maximum absolute atomic E-state index is 12.5. The van der Waals surface area contributed by atoms with Crippen LogP contribution in [0.2, 0.25) is 0 Å². The second-order valence-electron chi connectivity index (χ2n) is 4.64. The van der Waals surface area contributed by atoms with Crippen molar-refractivity contribution in [3.05, 3.63) is 35.5 Å². The zero-order chi connectivity index (χ0) is 14.7. The van der Waals surface area contributed by atoms with E-state index in [2.05, 4.69) is 20.3 Å². The summed E-state index contributed by atoms with van der Waals surface area (Å²) >= 11 is 1.62. The number of carbonyl (C=O) groups is 1. The molecule has 1 aliphatic heterocycles. The van der Waals surface area contributed by atoms with E-state index in [0.29, 0.717) is 24.5 Å². The molecule has 2 aromatic heterocycles. The van der Waals surface area contributed by atoms with Gasteiger partial charge in [-0.2, -0.15) is 0 Å². The summed E-state index contributed by atoms with van der Waals surface area (Å²) in [7, 11) is 0. The first-order chi connectivity index (χ1) is 10.3. The fourth-order valence-electron chi connectivity index (χ4n) is 2.34. The number of aromatic nitrogens is 2. The lowest BCUT2D eigenvalue weighted by atomic mass is 10.2. The average Bonchev–Trinajstić information content (AvgIpc) is 3.09. The number of nitrogens with two attached hydrogens (primary N) is 1. The number of pyridine rings is 1. The number of anilines is 2. The van der Waals surface area contributed by atoms with Crippen molar-refractivity contribution in [3.8, 4) is 0 Å². The highest BCUT2D eigenvalue weighted by Crippen LogP contribution is 2.20. The first kappa shape index (κ1) is 13.8. The second kappa shape index (κ2) is 6.06. The minimum atomic E-state index is -0.0464. The highest BCUT2D eigenvalue weighted by atomic mass is 32.1. The topological polar surface area (TPSA) is 87.4 Å². The first-order valence-corrected chi connectivity index (χ1v) is 7.53. The molecule has 0 saturated carbocycles.